The second kappa shape index (κ2) is 11.8. The van der Waals surface area contributed by atoms with E-state index in [9.17, 15) is 9.59 Å². The number of ether oxygens (including phenoxy) is 1. The topological polar surface area (TPSA) is 73.2 Å². The number of halogens is 1. The van der Waals surface area contributed by atoms with Crippen LogP contribution in [0.5, 0.6) is 5.75 Å². The van der Waals surface area contributed by atoms with Crippen LogP contribution < -0.4 is 15.6 Å². The first-order chi connectivity index (χ1) is 17.8. The van der Waals surface area contributed by atoms with Crippen molar-refractivity contribution in [3.63, 3.8) is 0 Å². The Bertz CT molecular complexity index is 1510. The van der Waals surface area contributed by atoms with Gasteiger partial charge in [-0.05, 0) is 79.8 Å². The molecule has 2 heterocycles. The number of nitrogens with zero attached hydrogens (tertiary/aromatic N) is 2. The Morgan fingerprint density at radius 2 is 1.92 bits per heavy atom. The molecule has 194 valence electrons. The van der Waals surface area contributed by atoms with E-state index < -0.39 is 0 Å². The predicted molar refractivity (Wildman–Crippen MR) is 158 cm³/mol. The molecule has 0 atom stereocenters. The fraction of sp³-hybridized carbons (Fsp3) is 0.321. The molecule has 0 fully saturated rings. The Morgan fingerprint density at radius 1 is 1.19 bits per heavy atom. The molecule has 2 aromatic carbocycles. The lowest BCUT2D eigenvalue weighted by atomic mass is 10.1. The van der Waals surface area contributed by atoms with E-state index in [0.29, 0.717) is 22.0 Å². The number of benzene rings is 2. The quantitative estimate of drug-likeness (QED) is 0.164. The zero-order chi connectivity index (χ0) is 26.7. The number of hydrogen-bond acceptors (Lipinski definition) is 6. The molecule has 0 spiro atoms. The number of nitrogens with one attached hydrogen (secondary N) is 1. The molecule has 0 unspecified atom stereocenters. The van der Waals surface area contributed by atoms with Gasteiger partial charge in [0.25, 0.3) is 5.56 Å². The molecule has 0 aliphatic heterocycles. The summed E-state index contributed by atoms with van der Waals surface area (Å²) in [7, 11) is 1.61. The van der Waals surface area contributed by atoms with Crippen LogP contribution in [0.25, 0.3) is 15.9 Å². The van der Waals surface area contributed by atoms with E-state index in [4.69, 9.17) is 9.72 Å². The Labute approximate surface area is 233 Å². The van der Waals surface area contributed by atoms with Gasteiger partial charge < -0.3 is 10.1 Å². The highest BCUT2D eigenvalue weighted by Crippen LogP contribution is 2.32. The minimum absolute atomic E-state index is 0.119. The number of methoxy groups -OCH3 is 1. The Kier molecular flexibility index (Phi) is 8.77. The van der Waals surface area contributed by atoms with E-state index in [1.807, 2.05) is 50.2 Å². The van der Waals surface area contributed by atoms with Crippen LogP contribution in [0, 0.1) is 13.8 Å². The van der Waals surface area contributed by atoms with Crippen LogP contribution in [-0.2, 0) is 17.6 Å². The highest BCUT2D eigenvalue weighted by molar-refractivity contribution is 9.10. The number of carbonyl (C=O) groups excluding carboxylic acids is 1. The fourth-order valence-corrected chi connectivity index (χ4v) is 7.06. The van der Waals surface area contributed by atoms with Crippen LogP contribution in [-0.4, -0.2) is 28.3 Å². The summed E-state index contributed by atoms with van der Waals surface area (Å²) in [6, 6.07) is 11.3. The van der Waals surface area contributed by atoms with Gasteiger partial charge in [-0.2, -0.15) is 0 Å². The molecule has 37 heavy (non-hydrogen) atoms. The third-order valence-electron chi connectivity index (χ3n) is 6.20. The zero-order valence-electron chi connectivity index (χ0n) is 21.6. The van der Waals surface area contributed by atoms with Gasteiger partial charge >= 0.3 is 0 Å². The largest absolute Gasteiger partial charge is 0.497 e. The van der Waals surface area contributed by atoms with Crippen molar-refractivity contribution in [3.05, 3.63) is 72.8 Å². The van der Waals surface area contributed by atoms with Crippen LogP contribution in [0.15, 0.2) is 50.8 Å². The Balaban J connectivity index is 1.72. The van der Waals surface area contributed by atoms with Crippen LogP contribution >= 0.6 is 39.0 Å². The maximum absolute atomic E-state index is 13.8. The molecule has 2 aromatic heterocycles. The number of thioether (sulfide) groups is 1. The number of aryl methyl sites for hydroxylation is 4. The smallest absolute Gasteiger partial charge is 0.267 e. The van der Waals surface area contributed by atoms with Crippen LogP contribution in [0.1, 0.15) is 41.8 Å². The molecule has 0 saturated carbocycles. The lowest BCUT2D eigenvalue weighted by molar-refractivity contribution is -0.113. The summed E-state index contributed by atoms with van der Waals surface area (Å²) in [5.41, 5.74) is 4.46. The highest BCUT2D eigenvalue weighted by Gasteiger charge is 2.20. The summed E-state index contributed by atoms with van der Waals surface area (Å²) in [4.78, 5) is 33.6. The minimum atomic E-state index is -0.144. The number of amides is 1. The second-order valence-corrected chi connectivity index (χ2v) is 11.7. The molecule has 6 nitrogen and oxygen atoms in total. The van der Waals surface area contributed by atoms with Gasteiger partial charge in [0.1, 0.15) is 10.6 Å². The van der Waals surface area contributed by atoms with Gasteiger partial charge in [0.2, 0.25) is 5.91 Å². The molecule has 9 heteroatoms. The molecule has 4 rings (SSSR count). The Morgan fingerprint density at radius 3 is 2.57 bits per heavy atom. The molecule has 1 amide bonds. The van der Waals surface area contributed by atoms with E-state index in [2.05, 4.69) is 35.1 Å². The van der Waals surface area contributed by atoms with Crippen molar-refractivity contribution in [1.29, 1.82) is 0 Å². The van der Waals surface area contributed by atoms with Crippen molar-refractivity contribution in [1.82, 2.24) is 9.55 Å². The SMILES string of the molecule is CCCc1sc2nc(SCC(=O)Nc3c(C)cc(Br)cc3CC)n(-c3ccc(OC)cc3)c(=O)c2c1C. The third kappa shape index (κ3) is 5.78. The van der Waals surface area contributed by atoms with Crippen molar-refractivity contribution in [2.24, 2.45) is 0 Å². The molecule has 0 radical (unpaired) electrons. The number of hydrogen-bond donors (Lipinski definition) is 1. The van der Waals surface area contributed by atoms with Crippen LogP contribution in [0.3, 0.4) is 0 Å². The van der Waals surface area contributed by atoms with Gasteiger partial charge in [-0.25, -0.2) is 4.98 Å². The van der Waals surface area contributed by atoms with E-state index in [0.717, 1.165) is 50.9 Å². The predicted octanol–water partition coefficient (Wildman–Crippen LogP) is 7.08. The van der Waals surface area contributed by atoms with Gasteiger partial charge in [-0.1, -0.05) is 48.0 Å². The van der Waals surface area contributed by atoms with Crippen molar-refractivity contribution in [2.45, 2.75) is 52.1 Å². The van der Waals surface area contributed by atoms with Gasteiger partial charge in [-0.3, -0.25) is 14.2 Å². The molecule has 0 aliphatic rings. The lowest BCUT2D eigenvalue weighted by Crippen LogP contribution is -2.23. The first-order valence-electron chi connectivity index (χ1n) is 12.2. The average molecular weight is 601 g/mol. The molecule has 0 saturated heterocycles. The summed E-state index contributed by atoms with van der Waals surface area (Å²) in [6.45, 7) is 8.17. The molecular formula is C28H30BrN3O3S2. The van der Waals surface area contributed by atoms with Gasteiger partial charge in [-0.15, -0.1) is 11.3 Å². The molecule has 0 bridgehead atoms. The van der Waals surface area contributed by atoms with E-state index in [1.165, 1.54) is 16.6 Å². The molecular weight excluding hydrogens is 570 g/mol. The summed E-state index contributed by atoms with van der Waals surface area (Å²) in [5.74, 6) is 0.682. The zero-order valence-corrected chi connectivity index (χ0v) is 24.8. The van der Waals surface area contributed by atoms with E-state index >= 15 is 0 Å². The highest BCUT2D eigenvalue weighted by atomic mass is 79.9. The maximum atomic E-state index is 13.8. The monoisotopic (exact) mass is 599 g/mol. The Hall–Kier alpha value is -2.62. The first-order valence-corrected chi connectivity index (χ1v) is 14.8. The normalized spacial score (nSPS) is 11.2. The standard InChI is InChI=1S/C28H30BrN3O3S2/c1-6-8-22-17(4)24-26(37-22)31-28(32(27(24)34)20-9-11-21(35-5)12-10-20)36-15-23(33)30-25-16(3)13-19(29)14-18(25)7-2/h9-14H,6-8,15H2,1-5H3,(H,30,33). The van der Waals surface area contributed by atoms with E-state index in [-0.39, 0.29) is 17.2 Å². The first kappa shape index (κ1) is 27.4. The molecule has 0 aliphatic carbocycles. The maximum Gasteiger partial charge on any atom is 0.267 e. The second-order valence-electron chi connectivity index (χ2n) is 8.76. The summed E-state index contributed by atoms with van der Waals surface area (Å²) >= 11 is 6.37. The number of rotatable bonds is 9. The summed E-state index contributed by atoms with van der Waals surface area (Å²) in [6.07, 6.45) is 2.71. The van der Waals surface area contributed by atoms with Crippen LogP contribution in [0.4, 0.5) is 5.69 Å². The van der Waals surface area contributed by atoms with Gasteiger partial charge in [0.15, 0.2) is 5.16 Å². The average Bonchev–Trinajstić information content (AvgIpc) is 3.19. The summed E-state index contributed by atoms with van der Waals surface area (Å²) in [5, 5.41) is 4.21. The lowest BCUT2D eigenvalue weighted by Gasteiger charge is -2.15. The van der Waals surface area contributed by atoms with Crippen molar-refractivity contribution < 1.29 is 9.53 Å². The minimum Gasteiger partial charge on any atom is -0.497 e. The van der Waals surface area contributed by atoms with Crippen molar-refractivity contribution in [2.75, 3.05) is 18.2 Å². The van der Waals surface area contributed by atoms with Gasteiger partial charge in [0, 0.05) is 15.0 Å². The van der Waals surface area contributed by atoms with Crippen molar-refractivity contribution >= 4 is 60.8 Å². The van der Waals surface area contributed by atoms with Crippen molar-refractivity contribution in [3.8, 4) is 11.4 Å². The number of thiophene rings is 1. The van der Waals surface area contributed by atoms with E-state index in [1.54, 1.807) is 23.0 Å². The number of aromatic nitrogens is 2. The molecule has 4 aromatic rings. The third-order valence-corrected chi connectivity index (χ3v) is 8.84. The number of fused-ring (bicyclic) bond motifs is 1. The number of anilines is 1. The number of carbonyl (C=O) groups is 1. The van der Waals surface area contributed by atoms with Crippen LogP contribution in [0.2, 0.25) is 0 Å². The summed E-state index contributed by atoms with van der Waals surface area (Å²) < 4.78 is 7.89. The fourth-order valence-electron chi connectivity index (χ4n) is 4.31. The molecule has 1 N–H and O–H groups in total. The van der Waals surface area contributed by atoms with Gasteiger partial charge in [0.05, 0.1) is 23.9 Å².